The fourth-order valence-corrected chi connectivity index (χ4v) is 4.10. The van der Waals surface area contributed by atoms with E-state index in [1.807, 2.05) is 32.3 Å². The molecule has 0 unspecified atom stereocenters. The van der Waals surface area contributed by atoms with Crippen LogP contribution in [0.2, 0.25) is 0 Å². The maximum atomic E-state index is 12.4. The first-order chi connectivity index (χ1) is 9.34. The van der Waals surface area contributed by atoms with Crippen LogP contribution in [0.5, 0.6) is 0 Å². The Labute approximate surface area is 126 Å². The van der Waals surface area contributed by atoms with Gasteiger partial charge in [0.2, 0.25) is 0 Å². The summed E-state index contributed by atoms with van der Waals surface area (Å²) in [6.45, 7) is 8.46. The van der Waals surface area contributed by atoms with Gasteiger partial charge in [-0.1, -0.05) is 20.8 Å². The van der Waals surface area contributed by atoms with E-state index in [0.29, 0.717) is 18.7 Å². The number of hydrogen-bond donors (Lipinski definition) is 1. The fourth-order valence-electron chi connectivity index (χ4n) is 2.02. The number of nitrogens with one attached hydrogen (secondary N) is 1. The lowest BCUT2D eigenvalue weighted by Crippen LogP contribution is -2.49. The van der Waals surface area contributed by atoms with Gasteiger partial charge in [-0.3, -0.25) is 0 Å². The molecule has 1 heterocycles. The number of aryl methyl sites for hydroxylation is 2. The van der Waals surface area contributed by atoms with Crippen LogP contribution in [0.3, 0.4) is 0 Å². The summed E-state index contributed by atoms with van der Waals surface area (Å²) >= 11 is 5.95. The number of halogens is 1. The predicted molar refractivity (Wildman–Crippen MR) is 81.6 cm³/mol. The lowest BCUT2D eigenvalue weighted by Gasteiger charge is -2.29. The monoisotopic (exact) mass is 321 g/mol. The molecule has 0 saturated carbocycles. The molecule has 1 aromatic heterocycles. The van der Waals surface area contributed by atoms with Crippen LogP contribution in [-0.4, -0.2) is 29.4 Å². The minimum Gasteiger partial charge on any atom is -0.334 e. The summed E-state index contributed by atoms with van der Waals surface area (Å²) in [5.74, 6) is 0.949. The summed E-state index contributed by atoms with van der Waals surface area (Å²) in [5.41, 5.74) is -0.608. The molecule has 0 aliphatic carbocycles. The van der Waals surface area contributed by atoms with Crippen molar-refractivity contribution in [2.75, 3.05) is 5.88 Å². The third-order valence-corrected chi connectivity index (χ3v) is 5.61. The Kier molecular flexibility index (Phi) is 6.04. The summed E-state index contributed by atoms with van der Waals surface area (Å²) in [4.78, 5) is 4.16. The first-order valence-electron chi connectivity index (χ1n) is 6.97. The molecule has 1 N–H and O–H groups in total. The Morgan fingerprint density at radius 3 is 2.40 bits per heavy atom. The second-order valence-electron chi connectivity index (χ2n) is 5.05. The van der Waals surface area contributed by atoms with Gasteiger partial charge in [0.05, 0.1) is 0 Å². The molecule has 0 aromatic carbocycles. The first-order valence-corrected chi connectivity index (χ1v) is 8.99. The van der Waals surface area contributed by atoms with Crippen molar-refractivity contribution in [1.82, 2.24) is 14.3 Å². The lowest BCUT2D eigenvalue weighted by molar-refractivity contribution is 0.393. The predicted octanol–water partition coefficient (Wildman–Crippen LogP) is 2.68. The number of aromatic nitrogens is 2. The highest BCUT2D eigenvalue weighted by Gasteiger charge is 2.32. The maximum absolute atomic E-state index is 12.4. The molecule has 0 aliphatic heterocycles. The first kappa shape index (κ1) is 17.5. The van der Waals surface area contributed by atoms with Gasteiger partial charge in [-0.2, -0.15) is 0 Å². The average Bonchev–Trinajstić information content (AvgIpc) is 2.79. The highest BCUT2D eigenvalue weighted by molar-refractivity contribution is 7.89. The van der Waals surface area contributed by atoms with Crippen LogP contribution in [0.4, 0.5) is 0 Å². The number of nitrogens with zero attached hydrogens (tertiary/aromatic N) is 2. The van der Waals surface area contributed by atoms with Crippen LogP contribution >= 0.6 is 11.6 Å². The summed E-state index contributed by atoms with van der Waals surface area (Å²) in [6.07, 6.45) is 3.80. The van der Waals surface area contributed by atoms with Crippen molar-refractivity contribution < 1.29 is 8.42 Å². The van der Waals surface area contributed by atoms with Crippen molar-refractivity contribution in [3.05, 3.63) is 12.0 Å². The number of imidazole rings is 1. The minimum absolute atomic E-state index is 0.0693. The van der Waals surface area contributed by atoms with E-state index in [-0.39, 0.29) is 10.9 Å². The van der Waals surface area contributed by atoms with E-state index in [0.717, 1.165) is 13.0 Å². The Morgan fingerprint density at radius 1 is 1.35 bits per heavy atom. The Morgan fingerprint density at radius 2 is 1.95 bits per heavy atom. The molecule has 1 rings (SSSR count). The third kappa shape index (κ3) is 3.74. The zero-order valence-corrected chi connectivity index (χ0v) is 14.2. The third-order valence-electron chi connectivity index (χ3n) is 3.65. The molecule has 116 valence electrons. The van der Waals surface area contributed by atoms with Gasteiger partial charge in [-0.15, -0.1) is 11.6 Å². The van der Waals surface area contributed by atoms with Gasteiger partial charge in [-0.05, 0) is 26.2 Å². The molecule has 0 aliphatic rings. The van der Waals surface area contributed by atoms with E-state index in [2.05, 4.69) is 9.71 Å². The molecule has 0 saturated heterocycles. The summed E-state index contributed by atoms with van der Waals surface area (Å²) in [7, 11) is -3.64. The lowest BCUT2D eigenvalue weighted by atomic mass is 9.97. The van der Waals surface area contributed by atoms with Crippen LogP contribution in [0, 0.1) is 6.92 Å². The van der Waals surface area contributed by atoms with Crippen LogP contribution < -0.4 is 4.72 Å². The number of alkyl halides is 1. The minimum atomic E-state index is -3.64. The topological polar surface area (TPSA) is 64.0 Å². The van der Waals surface area contributed by atoms with E-state index < -0.39 is 15.6 Å². The van der Waals surface area contributed by atoms with Gasteiger partial charge >= 0.3 is 0 Å². The zero-order valence-electron chi connectivity index (χ0n) is 12.6. The molecule has 0 atom stereocenters. The maximum Gasteiger partial charge on any atom is 0.260 e. The van der Waals surface area contributed by atoms with Crippen LogP contribution in [-0.2, 0) is 16.6 Å². The molecule has 0 amide bonds. The molecule has 0 fully saturated rings. The molecule has 20 heavy (non-hydrogen) atoms. The van der Waals surface area contributed by atoms with Crippen molar-refractivity contribution in [2.45, 2.75) is 64.1 Å². The Bertz CT molecular complexity index is 528. The molecule has 1 aromatic rings. The van der Waals surface area contributed by atoms with Gasteiger partial charge in [0.15, 0.2) is 5.03 Å². The van der Waals surface area contributed by atoms with E-state index in [1.54, 1.807) is 6.20 Å². The van der Waals surface area contributed by atoms with Gasteiger partial charge in [0, 0.05) is 24.2 Å². The van der Waals surface area contributed by atoms with Crippen LogP contribution in [0.15, 0.2) is 11.2 Å². The second-order valence-corrected chi connectivity index (χ2v) is 6.94. The zero-order chi connectivity index (χ0) is 15.4. The molecule has 0 radical (unpaired) electrons. The Hall–Kier alpha value is -0.590. The van der Waals surface area contributed by atoms with Crippen LogP contribution in [0.25, 0.3) is 0 Å². The number of rotatable bonds is 8. The molecule has 0 spiro atoms. The highest BCUT2D eigenvalue weighted by Crippen LogP contribution is 2.21. The van der Waals surface area contributed by atoms with E-state index in [1.165, 1.54) is 0 Å². The molecule has 0 bridgehead atoms. The summed E-state index contributed by atoms with van der Waals surface area (Å²) in [5, 5.41) is 0.0693. The standard InChI is InChI=1S/C13H24ClN3O2S/c1-5-8-17-9-12(15-11(17)4)20(18,19)16-13(6-2,7-3)10-14/h9,16H,5-8,10H2,1-4H3. The quantitative estimate of drug-likeness (QED) is 0.749. The highest BCUT2D eigenvalue weighted by atomic mass is 35.5. The molecule has 5 nitrogen and oxygen atoms in total. The van der Waals surface area contributed by atoms with Gasteiger partial charge < -0.3 is 4.57 Å². The average molecular weight is 322 g/mol. The fraction of sp³-hybridized carbons (Fsp3) is 0.769. The number of hydrogen-bond acceptors (Lipinski definition) is 3. The largest absolute Gasteiger partial charge is 0.334 e. The Balaban J connectivity index is 3.07. The van der Waals surface area contributed by atoms with Gasteiger partial charge in [0.25, 0.3) is 10.0 Å². The van der Waals surface area contributed by atoms with Crippen molar-refractivity contribution in [3.63, 3.8) is 0 Å². The van der Waals surface area contributed by atoms with Crippen molar-refractivity contribution >= 4 is 21.6 Å². The van der Waals surface area contributed by atoms with Gasteiger partial charge in [-0.25, -0.2) is 18.1 Å². The summed E-state index contributed by atoms with van der Waals surface area (Å²) in [6, 6.07) is 0. The van der Waals surface area contributed by atoms with E-state index in [4.69, 9.17) is 11.6 Å². The van der Waals surface area contributed by atoms with Crippen molar-refractivity contribution in [2.24, 2.45) is 0 Å². The van der Waals surface area contributed by atoms with Gasteiger partial charge in [0.1, 0.15) is 5.82 Å². The smallest absolute Gasteiger partial charge is 0.260 e. The van der Waals surface area contributed by atoms with Crippen molar-refractivity contribution in [3.8, 4) is 0 Å². The van der Waals surface area contributed by atoms with E-state index in [9.17, 15) is 8.42 Å². The normalized spacial score (nSPS) is 12.8. The number of sulfonamides is 1. The summed E-state index contributed by atoms with van der Waals surface area (Å²) < 4.78 is 29.5. The van der Waals surface area contributed by atoms with Crippen LogP contribution in [0.1, 0.15) is 45.9 Å². The van der Waals surface area contributed by atoms with Crippen molar-refractivity contribution in [1.29, 1.82) is 0 Å². The molecule has 7 heteroatoms. The van der Waals surface area contributed by atoms with E-state index >= 15 is 0 Å². The molecular formula is C13H24ClN3O2S. The molecular weight excluding hydrogens is 298 g/mol. The second kappa shape index (κ2) is 6.91. The SMILES string of the molecule is CCCn1cc(S(=O)(=O)NC(CC)(CC)CCl)nc1C.